The molecule has 0 unspecified atom stereocenters. The van der Waals surface area contributed by atoms with Gasteiger partial charge in [0.15, 0.2) is 0 Å². The average Bonchev–Trinajstić information content (AvgIpc) is 3.81. The third-order valence-electron chi connectivity index (χ3n) is 10.9. The molecular weight excluding hydrogens is 931 g/mol. The number of benzene rings is 4. The van der Waals surface area contributed by atoms with Crippen molar-refractivity contribution in [2.45, 2.75) is 73.5 Å². The Morgan fingerprint density at radius 2 is 1.48 bits per heavy atom. The van der Waals surface area contributed by atoms with Gasteiger partial charge in [-0.25, -0.2) is 0 Å². The first-order chi connectivity index (χ1) is 28.4. The minimum Gasteiger partial charge on any atom is -0.513 e. The Hall–Kier alpha value is -5.53. The van der Waals surface area contributed by atoms with E-state index < -0.39 is 8.07 Å². The van der Waals surface area contributed by atoms with Gasteiger partial charge in [0.05, 0.1) is 36.4 Å². The molecule has 0 atom stereocenters. The van der Waals surface area contributed by atoms with Crippen LogP contribution in [0.15, 0.2) is 126 Å². The maximum Gasteiger partial charge on any atom is 0.119 e. The van der Waals surface area contributed by atoms with Crippen molar-refractivity contribution in [3.05, 3.63) is 156 Å². The number of aryl methyl sites for hydroxylation is 2. The second-order valence-corrected chi connectivity index (χ2v) is 22.3. The molecule has 9 aromatic rings. The van der Waals surface area contributed by atoms with Crippen LogP contribution in [0.3, 0.4) is 0 Å². The molecule has 0 spiro atoms. The Morgan fingerprint density at radius 3 is 2.18 bits per heavy atom. The van der Waals surface area contributed by atoms with Crippen molar-refractivity contribution in [3.63, 3.8) is 0 Å². The predicted octanol–water partition coefficient (Wildman–Crippen LogP) is 12.9. The zero-order valence-corrected chi connectivity index (χ0v) is 39.3. The van der Waals surface area contributed by atoms with Crippen LogP contribution < -0.4 is 5.19 Å². The maximum absolute atomic E-state index is 6.40. The molecule has 0 bridgehead atoms. The van der Waals surface area contributed by atoms with E-state index in [9.17, 15) is 0 Å². The summed E-state index contributed by atoms with van der Waals surface area (Å²) in [5.41, 5.74) is 15.5. The summed E-state index contributed by atoms with van der Waals surface area (Å²) >= 11 is 0. The summed E-state index contributed by atoms with van der Waals surface area (Å²) in [6.45, 7) is 20.3. The van der Waals surface area contributed by atoms with Gasteiger partial charge in [0.1, 0.15) is 5.58 Å². The first-order valence-corrected chi connectivity index (χ1v) is 24.1. The van der Waals surface area contributed by atoms with Gasteiger partial charge in [0.25, 0.3) is 0 Å². The minimum atomic E-state index is -1.35. The third kappa shape index (κ3) is 8.42. The molecule has 5 aromatic heterocycles. The maximum atomic E-state index is 6.40. The van der Waals surface area contributed by atoms with E-state index in [2.05, 4.69) is 161 Å². The van der Waals surface area contributed by atoms with Crippen molar-refractivity contribution in [2.24, 2.45) is 5.92 Å². The van der Waals surface area contributed by atoms with Crippen molar-refractivity contribution in [3.8, 4) is 39.5 Å². The van der Waals surface area contributed by atoms with Crippen LogP contribution in [0.2, 0.25) is 19.6 Å². The van der Waals surface area contributed by atoms with E-state index in [0.29, 0.717) is 11.5 Å². The van der Waals surface area contributed by atoms with Crippen molar-refractivity contribution in [1.29, 1.82) is 0 Å². The van der Waals surface area contributed by atoms with Crippen LogP contribution in [-0.4, -0.2) is 32.6 Å². The van der Waals surface area contributed by atoms with Gasteiger partial charge < -0.3 is 14.0 Å². The number of fused-ring (bicyclic) bond motifs is 4. The second kappa shape index (κ2) is 17.6. The summed E-state index contributed by atoms with van der Waals surface area (Å²) in [5, 5.41) is 2.52. The number of rotatable bonds is 8. The molecule has 0 aliphatic carbocycles. The second-order valence-electron chi connectivity index (χ2n) is 17.2. The molecule has 0 fully saturated rings. The molecule has 5 heterocycles. The van der Waals surface area contributed by atoms with Crippen molar-refractivity contribution >= 4 is 46.4 Å². The molecule has 0 amide bonds. The summed E-state index contributed by atoms with van der Waals surface area (Å²) in [7, 11) is -1.35. The number of nitrogens with zero attached hydrogens (tertiary/aromatic N) is 5. The molecular formula is C52H51IrN5OSi-2. The Balaban J connectivity index is 0.000000212. The zero-order valence-electron chi connectivity index (χ0n) is 35.9. The number of hydrogen-bond acceptors (Lipinski definition) is 5. The summed E-state index contributed by atoms with van der Waals surface area (Å²) in [5.74, 6) is 1.69. The first kappa shape index (κ1) is 42.6. The van der Waals surface area contributed by atoms with Crippen LogP contribution >= 0.6 is 0 Å². The van der Waals surface area contributed by atoms with E-state index in [-0.39, 0.29) is 26.0 Å². The molecule has 0 N–H and O–H groups in total. The van der Waals surface area contributed by atoms with Crippen LogP contribution in [0.5, 0.6) is 0 Å². The van der Waals surface area contributed by atoms with Gasteiger partial charge in [0, 0.05) is 49.4 Å². The molecule has 0 saturated heterocycles. The fraction of sp³-hybridized carbons (Fsp3) is 0.231. The van der Waals surface area contributed by atoms with Crippen LogP contribution in [0.1, 0.15) is 55.9 Å². The Bertz CT molecular complexity index is 2930. The smallest absolute Gasteiger partial charge is 0.119 e. The Morgan fingerprint density at radius 1 is 0.750 bits per heavy atom. The zero-order chi connectivity index (χ0) is 41.4. The molecule has 4 aromatic carbocycles. The average molecular weight is 982 g/mol. The number of aromatic nitrogens is 5. The van der Waals surface area contributed by atoms with E-state index in [4.69, 9.17) is 14.4 Å². The summed E-state index contributed by atoms with van der Waals surface area (Å²) < 4.78 is 8.61. The largest absolute Gasteiger partial charge is 0.513 e. The Labute approximate surface area is 368 Å². The van der Waals surface area contributed by atoms with Crippen molar-refractivity contribution in [2.75, 3.05) is 0 Å². The number of pyridine rings is 3. The first-order valence-electron chi connectivity index (χ1n) is 20.6. The van der Waals surface area contributed by atoms with Crippen LogP contribution in [0, 0.1) is 31.9 Å². The molecule has 9 rings (SSSR count). The van der Waals surface area contributed by atoms with Gasteiger partial charge in [-0.15, -0.1) is 47.0 Å². The quantitative estimate of drug-likeness (QED) is 0.112. The molecule has 305 valence electrons. The van der Waals surface area contributed by atoms with Crippen LogP contribution in [0.4, 0.5) is 0 Å². The molecule has 0 aliphatic rings. The fourth-order valence-corrected chi connectivity index (χ4v) is 9.62. The van der Waals surface area contributed by atoms with Gasteiger partial charge in [-0.1, -0.05) is 120 Å². The monoisotopic (exact) mass is 982 g/mol. The van der Waals surface area contributed by atoms with E-state index in [1.54, 1.807) is 6.20 Å². The molecule has 60 heavy (non-hydrogen) atoms. The molecule has 1 radical (unpaired) electrons. The summed E-state index contributed by atoms with van der Waals surface area (Å²) in [6.07, 6.45) is 8.76. The van der Waals surface area contributed by atoms with Gasteiger partial charge in [-0.3, -0.25) is 15.0 Å². The van der Waals surface area contributed by atoms with E-state index in [1.165, 1.54) is 21.9 Å². The third-order valence-corrected chi connectivity index (χ3v) is 13.0. The van der Waals surface area contributed by atoms with Gasteiger partial charge >= 0.3 is 0 Å². The van der Waals surface area contributed by atoms with E-state index in [0.717, 1.165) is 79.0 Å². The van der Waals surface area contributed by atoms with Gasteiger partial charge in [0.2, 0.25) is 0 Å². The molecule has 6 nitrogen and oxygen atoms in total. The fourth-order valence-electron chi connectivity index (χ4n) is 8.03. The Kier molecular flexibility index (Phi) is 12.5. The summed E-state index contributed by atoms with van der Waals surface area (Å²) in [6, 6.07) is 40.2. The molecule has 0 aliphatic heterocycles. The summed E-state index contributed by atoms with van der Waals surface area (Å²) in [4.78, 5) is 19.0. The van der Waals surface area contributed by atoms with Gasteiger partial charge in [-0.2, -0.15) is 0 Å². The minimum absolute atomic E-state index is 0. The van der Waals surface area contributed by atoms with Crippen LogP contribution in [0.25, 0.3) is 72.6 Å². The van der Waals surface area contributed by atoms with Crippen molar-refractivity contribution < 1.29 is 24.5 Å². The normalized spacial score (nSPS) is 11.7. The topological polar surface area (TPSA) is 69.6 Å². The number of furan rings is 1. The molecule has 8 heteroatoms. The van der Waals surface area contributed by atoms with Crippen molar-refractivity contribution in [1.82, 2.24) is 24.5 Å². The molecule has 0 saturated carbocycles. The number of imidazole rings is 1. The van der Waals surface area contributed by atoms with Crippen LogP contribution in [-0.2, 0) is 26.5 Å². The standard InChI is InChI=1S/C33H25N4O.C19H26NSi.Ir/c1-20(2)26-18-34-19-27-31(26)37(24-14-12-23(13-15-24)22-9-5-4-6-10-22)33(36-27)25-16-17-35-30-29-21(3)8-7-11-28(29)38-32(25)30;1-14(2)11-16-12-18(17-10-8-7-9-15(17)3)20-13-19(16)21(4,5)6;/h4-15,17-20H,1-3H3;7-9,12-14H,11H2,1-6H3;/q2*-1;. The van der Waals surface area contributed by atoms with Gasteiger partial charge in [-0.05, 0) is 82.7 Å². The van der Waals surface area contributed by atoms with E-state index in [1.807, 2.05) is 42.7 Å². The predicted molar refractivity (Wildman–Crippen MR) is 247 cm³/mol. The van der Waals surface area contributed by atoms with E-state index >= 15 is 0 Å². The number of hydrogen-bond donors (Lipinski definition) is 0. The SMILES string of the molecule is Cc1ccc[c-]c1-c1cc(CC(C)C)c([Si](C)(C)C)cn1.Cc1cccc2oc3c(-c4nc5cncc(C(C)C)c5n4-c4ccc(-c5ccccc5)cc4)[c-]cnc3c12.[Ir].